The Bertz CT molecular complexity index is 945. The molecule has 1 N–H and O–H groups in total. The van der Waals surface area contributed by atoms with Crippen LogP contribution in [-0.2, 0) is 11.3 Å². The number of rotatable bonds is 5. The fourth-order valence-electron chi connectivity index (χ4n) is 3.52. The van der Waals surface area contributed by atoms with Crippen LogP contribution < -0.4 is 10.2 Å². The van der Waals surface area contributed by atoms with E-state index in [1.165, 1.54) is 0 Å². The predicted molar refractivity (Wildman–Crippen MR) is 111 cm³/mol. The fourth-order valence-corrected chi connectivity index (χ4v) is 3.52. The third-order valence-corrected chi connectivity index (χ3v) is 4.85. The van der Waals surface area contributed by atoms with E-state index in [-0.39, 0.29) is 18.1 Å². The molecule has 1 amide bonds. The standard InChI is InChI=1S/C22H25N5O2/c1-16-14-26(15-17(2)29-16)21-9-8-18(12-23-21)13-24-22(28)20-10-11-27(25-20)19-6-4-3-5-7-19/h3-12,16-17H,13-15H2,1-2H3,(H,24,28). The second kappa shape index (κ2) is 8.45. The van der Waals surface area contributed by atoms with Gasteiger partial charge in [-0.1, -0.05) is 24.3 Å². The van der Waals surface area contributed by atoms with E-state index in [9.17, 15) is 4.79 Å². The summed E-state index contributed by atoms with van der Waals surface area (Å²) in [6, 6.07) is 15.4. The maximum Gasteiger partial charge on any atom is 0.272 e. The van der Waals surface area contributed by atoms with Gasteiger partial charge in [0.05, 0.1) is 17.9 Å². The minimum Gasteiger partial charge on any atom is -0.372 e. The number of carbonyl (C=O) groups is 1. The molecule has 0 spiro atoms. The van der Waals surface area contributed by atoms with Crippen molar-refractivity contribution < 1.29 is 9.53 Å². The summed E-state index contributed by atoms with van der Waals surface area (Å²) < 4.78 is 7.46. The maximum absolute atomic E-state index is 12.4. The highest BCUT2D eigenvalue weighted by molar-refractivity contribution is 5.92. The van der Waals surface area contributed by atoms with Gasteiger partial charge in [0.2, 0.25) is 0 Å². The van der Waals surface area contributed by atoms with E-state index in [2.05, 4.69) is 34.1 Å². The van der Waals surface area contributed by atoms with Crippen molar-refractivity contribution in [1.29, 1.82) is 0 Å². The number of hydrogen-bond acceptors (Lipinski definition) is 5. The topological polar surface area (TPSA) is 72.3 Å². The van der Waals surface area contributed by atoms with Gasteiger partial charge in [0.1, 0.15) is 5.82 Å². The summed E-state index contributed by atoms with van der Waals surface area (Å²) in [7, 11) is 0. The van der Waals surface area contributed by atoms with Crippen LogP contribution in [0, 0.1) is 0 Å². The van der Waals surface area contributed by atoms with Gasteiger partial charge < -0.3 is 15.0 Å². The van der Waals surface area contributed by atoms with Crippen LogP contribution in [0.5, 0.6) is 0 Å². The minimum atomic E-state index is -0.209. The first-order valence-electron chi connectivity index (χ1n) is 9.83. The molecule has 7 nitrogen and oxygen atoms in total. The number of morpholine rings is 1. The third-order valence-electron chi connectivity index (χ3n) is 4.85. The first-order valence-corrected chi connectivity index (χ1v) is 9.83. The molecule has 0 radical (unpaired) electrons. The average molecular weight is 391 g/mol. The highest BCUT2D eigenvalue weighted by atomic mass is 16.5. The fraction of sp³-hybridized carbons (Fsp3) is 0.318. The molecule has 1 fully saturated rings. The van der Waals surface area contributed by atoms with Gasteiger partial charge >= 0.3 is 0 Å². The zero-order valence-electron chi connectivity index (χ0n) is 16.7. The number of pyridine rings is 1. The first-order chi connectivity index (χ1) is 14.1. The summed E-state index contributed by atoms with van der Waals surface area (Å²) in [6.45, 7) is 6.21. The molecule has 0 bridgehead atoms. The van der Waals surface area contributed by atoms with E-state index in [1.54, 1.807) is 16.9 Å². The summed E-state index contributed by atoms with van der Waals surface area (Å²) in [6.07, 6.45) is 3.97. The van der Waals surface area contributed by atoms with Gasteiger partial charge in [-0.3, -0.25) is 4.79 Å². The van der Waals surface area contributed by atoms with Crippen LogP contribution in [0.1, 0.15) is 29.9 Å². The predicted octanol–water partition coefficient (Wildman–Crippen LogP) is 2.81. The molecular weight excluding hydrogens is 366 g/mol. The lowest BCUT2D eigenvalue weighted by Gasteiger charge is -2.36. The lowest BCUT2D eigenvalue weighted by molar-refractivity contribution is -0.00546. The number of benzene rings is 1. The molecule has 4 rings (SSSR count). The summed E-state index contributed by atoms with van der Waals surface area (Å²) >= 11 is 0. The zero-order valence-corrected chi connectivity index (χ0v) is 16.7. The number of nitrogens with one attached hydrogen (secondary N) is 1. The number of carbonyl (C=O) groups excluding carboxylic acids is 1. The Morgan fingerprint density at radius 1 is 1.10 bits per heavy atom. The highest BCUT2D eigenvalue weighted by Gasteiger charge is 2.23. The van der Waals surface area contributed by atoms with E-state index in [0.29, 0.717) is 12.2 Å². The molecule has 3 aromatic rings. The normalized spacial score (nSPS) is 19.2. The molecule has 150 valence electrons. The van der Waals surface area contributed by atoms with Gasteiger partial charge in [-0.25, -0.2) is 9.67 Å². The Hall–Kier alpha value is -3.19. The van der Waals surface area contributed by atoms with Crippen LogP contribution in [0.2, 0.25) is 0 Å². The van der Waals surface area contributed by atoms with E-state index in [0.717, 1.165) is 30.2 Å². The maximum atomic E-state index is 12.4. The Kier molecular flexibility index (Phi) is 5.57. The molecule has 1 aliphatic heterocycles. The molecule has 29 heavy (non-hydrogen) atoms. The summed E-state index contributed by atoms with van der Waals surface area (Å²) in [5, 5.41) is 7.26. The van der Waals surface area contributed by atoms with Crippen LogP contribution in [0.4, 0.5) is 5.82 Å². The van der Waals surface area contributed by atoms with E-state index in [4.69, 9.17) is 4.74 Å². The zero-order chi connectivity index (χ0) is 20.2. The molecule has 1 aliphatic rings. The van der Waals surface area contributed by atoms with Gasteiger partial charge in [-0.05, 0) is 43.7 Å². The van der Waals surface area contributed by atoms with Crippen molar-refractivity contribution in [3.8, 4) is 5.69 Å². The van der Waals surface area contributed by atoms with Crippen LogP contribution in [0.25, 0.3) is 5.69 Å². The first kappa shape index (κ1) is 19.1. The van der Waals surface area contributed by atoms with Gasteiger partial charge in [0.15, 0.2) is 5.69 Å². The number of amides is 1. The van der Waals surface area contributed by atoms with Crippen molar-refractivity contribution in [2.24, 2.45) is 0 Å². The summed E-state index contributed by atoms with van der Waals surface area (Å²) in [5.41, 5.74) is 2.24. The van der Waals surface area contributed by atoms with Gasteiger partial charge in [-0.2, -0.15) is 5.10 Å². The molecule has 1 aromatic carbocycles. The van der Waals surface area contributed by atoms with Crippen molar-refractivity contribution in [3.63, 3.8) is 0 Å². The Balaban J connectivity index is 1.34. The summed E-state index contributed by atoms with van der Waals surface area (Å²) in [4.78, 5) is 19.2. The monoisotopic (exact) mass is 391 g/mol. The second-order valence-corrected chi connectivity index (χ2v) is 7.35. The Morgan fingerprint density at radius 3 is 2.55 bits per heavy atom. The van der Waals surface area contributed by atoms with Crippen molar-refractivity contribution in [2.75, 3.05) is 18.0 Å². The Morgan fingerprint density at radius 2 is 1.86 bits per heavy atom. The number of hydrogen-bond donors (Lipinski definition) is 1. The molecular formula is C22H25N5O2. The number of para-hydroxylation sites is 1. The van der Waals surface area contributed by atoms with Crippen molar-refractivity contribution in [2.45, 2.75) is 32.6 Å². The molecule has 2 unspecified atom stereocenters. The molecule has 1 saturated heterocycles. The average Bonchev–Trinajstić information content (AvgIpc) is 3.23. The minimum absolute atomic E-state index is 0.190. The lowest BCUT2D eigenvalue weighted by atomic mass is 10.2. The van der Waals surface area contributed by atoms with Crippen LogP contribution in [0.15, 0.2) is 60.9 Å². The van der Waals surface area contributed by atoms with Crippen LogP contribution in [-0.4, -0.2) is 46.0 Å². The van der Waals surface area contributed by atoms with Crippen molar-refractivity contribution >= 4 is 11.7 Å². The lowest BCUT2D eigenvalue weighted by Crippen LogP contribution is -2.45. The van der Waals surface area contributed by atoms with E-state index in [1.807, 2.05) is 48.7 Å². The Labute approximate surface area is 170 Å². The highest BCUT2D eigenvalue weighted by Crippen LogP contribution is 2.18. The quantitative estimate of drug-likeness (QED) is 0.724. The molecule has 0 aliphatic carbocycles. The molecule has 7 heteroatoms. The molecule has 2 atom stereocenters. The van der Waals surface area contributed by atoms with Gasteiger partial charge in [0, 0.05) is 32.0 Å². The van der Waals surface area contributed by atoms with Gasteiger partial charge in [-0.15, -0.1) is 0 Å². The van der Waals surface area contributed by atoms with E-state index < -0.39 is 0 Å². The van der Waals surface area contributed by atoms with Crippen molar-refractivity contribution in [3.05, 3.63) is 72.2 Å². The third kappa shape index (κ3) is 4.63. The smallest absolute Gasteiger partial charge is 0.272 e. The molecule has 2 aromatic heterocycles. The SMILES string of the molecule is CC1CN(c2ccc(CNC(=O)c3ccn(-c4ccccc4)n3)cn2)CC(C)O1. The van der Waals surface area contributed by atoms with E-state index >= 15 is 0 Å². The van der Waals surface area contributed by atoms with Crippen molar-refractivity contribution in [1.82, 2.24) is 20.1 Å². The second-order valence-electron chi connectivity index (χ2n) is 7.35. The molecule has 3 heterocycles. The number of aromatic nitrogens is 3. The number of anilines is 1. The number of ether oxygens (including phenoxy) is 1. The summed E-state index contributed by atoms with van der Waals surface area (Å²) in [5.74, 6) is 0.725. The van der Waals surface area contributed by atoms with Gasteiger partial charge in [0.25, 0.3) is 5.91 Å². The molecule has 0 saturated carbocycles. The largest absolute Gasteiger partial charge is 0.372 e. The van der Waals surface area contributed by atoms with Crippen LogP contribution in [0.3, 0.4) is 0 Å². The van der Waals surface area contributed by atoms with Crippen LogP contribution >= 0.6 is 0 Å². The number of nitrogens with zero attached hydrogens (tertiary/aromatic N) is 4.